The minimum atomic E-state index is -0.427. The molecule has 5 nitrogen and oxygen atoms in total. The average molecular weight is 236 g/mol. The van der Waals surface area contributed by atoms with Crippen molar-refractivity contribution in [2.75, 3.05) is 0 Å². The molecule has 0 aliphatic carbocycles. The molecule has 0 radical (unpaired) electrons. The fourth-order valence-corrected chi connectivity index (χ4v) is 1.98. The summed E-state index contributed by atoms with van der Waals surface area (Å²) in [6.07, 6.45) is 0. The van der Waals surface area contributed by atoms with Gasteiger partial charge in [-0.25, -0.2) is 0 Å². The van der Waals surface area contributed by atoms with Gasteiger partial charge in [0.25, 0.3) is 5.69 Å². The summed E-state index contributed by atoms with van der Waals surface area (Å²) in [5.41, 5.74) is 1.92. The van der Waals surface area contributed by atoms with E-state index in [-0.39, 0.29) is 10.6 Å². The van der Waals surface area contributed by atoms with Gasteiger partial charge in [0.2, 0.25) is 0 Å². The van der Waals surface area contributed by atoms with Crippen LogP contribution in [0.25, 0.3) is 11.3 Å². The summed E-state index contributed by atoms with van der Waals surface area (Å²) in [6.45, 7) is 1.68. The molecule has 2 aromatic rings. The Balaban J connectivity index is 2.55. The van der Waals surface area contributed by atoms with Crippen molar-refractivity contribution < 1.29 is 4.92 Å². The Bertz CT molecular complexity index is 600. The minimum Gasteiger partial charge on any atom is -0.312 e. The molecule has 0 atom stereocenters. The Hall–Kier alpha value is -1.95. The predicted octanol–water partition coefficient (Wildman–Crippen LogP) is 2.32. The van der Waals surface area contributed by atoms with Crippen LogP contribution in [0, 0.1) is 17.0 Å². The Morgan fingerprint density at radius 1 is 1.44 bits per heavy atom. The summed E-state index contributed by atoms with van der Waals surface area (Å²) in [4.78, 5) is 23.7. The van der Waals surface area contributed by atoms with Crippen molar-refractivity contribution in [3.05, 3.63) is 48.9 Å². The highest BCUT2D eigenvalue weighted by Gasteiger charge is 2.12. The minimum absolute atomic E-state index is 0.0598. The summed E-state index contributed by atoms with van der Waals surface area (Å²) >= 11 is 1.04. The van der Waals surface area contributed by atoms with Gasteiger partial charge in [0.05, 0.1) is 10.6 Å². The molecule has 0 bridgehead atoms. The molecule has 0 unspecified atom stereocenters. The van der Waals surface area contributed by atoms with Gasteiger partial charge in [-0.2, -0.15) is 0 Å². The molecule has 1 aromatic heterocycles. The van der Waals surface area contributed by atoms with E-state index in [1.165, 1.54) is 6.07 Å². The highest BCUT2D eigenvalue weighted by Crippen LogP contribution is 2.25. The molecule has 16 heavy (non-hydrogen) atoms. The fourth-order valence-electron chi connectivity index (χ4n) is 1.40. The molecule has 82 valence electrons. The second kappa shape index (κ2) is 3.90. The molecule has 1 heterocycles. The molecule has 1 aromatic carbocycles. The third-order valence-electron chi connectivity index (χ3n) is 2.24. The van der Waals surface area contributed by atoms with E-state index in [9.17, 15) is 14.9 Å². The quantitative estimate of drug-likeness (QED) is 0.642. The molecule has 0 saturated carbocycles. The normalized spacial score (nSPS) is 10.3. The topological polar surface area (TPSA) is 76.0 Å². The highest BCUT2D eigenvalue weighted by atomic mass is 32.1. The fraction of sp³-hybridized carbons (Fsp3) is 0.100. The van der Waals surface area contributed by atoms with Gasteiger partial charge < -0.3 is 4.98 Å². The van der Waals surface area contributed by atoms with Crippen molar-refractivity contribution in [2.24, 2.45) is 0 Å². The summed E-state index contributed by atoms with van der Waals surface area (Å²) in [6, 6.07) is 4.89. The van der Waals surface area contributed by atoms with Crippen molar-refractivity contribution >= 4 is 17.0 Å². The van der Waals surface area contributed by atoms with Gasteiger partial charge in [0, 0.05) is 22.6 Å². The Kier molecular flexibility index (Phi) is 2.57. The number of rotatable bonds is 2. The third kappa shape index (κ3) is 1.87. The zero-order valence-electron chi connectivity index (χ0n) is 8.39. The third-order valence-corrected chi connectivity index (χ3v) is 2.91. The second-order valence-corrected chi connectivity index (χ2v) is 4.16. The number of nitro benzene ring substituents is 1. The number of benzene rings is 1. The van der Waals surface area contributed by atoms with E-state index in [0.29, 0.717) is 16.8 Å². The largest absolute Gasteiger partial charge is 0.312 e. The van der Waals surface area contributed by atoms with E-state index >= 15 is 0 Å². The second-order valence-electron chi connectivity index (χ2n) is 3.32. The van der Waals surface area contributed by atoms with E-state index in [1.807, 2.05) is 0 Å². The lowest BCUT2D eigenvalue weighted by atomic mass is 10.1. The number of aryl methyl sites for hydroxylation is 1. The number of hydrogen-bond donors (Lipinski definition) is 1. The molecule has 2 rings (SSSR count). The van der Waals surface area contributed by atoms with Crippen molar-refractivity contribution in [3.63, 3.8) is 0 Å². The average Bonchev–Trinajstić information content (AvgIpc) is 2.65. The number of thiazole rings is 1. The van der Waals surface area contributed by atoms with Crippen LogP contribution in [0.4, 0.5) is 5.69 Å². The standard InChI is InChI=1S/C10H8N2O3S/c1-6-2-3-7(4-9(6)12(14)15)8-5-16-10(13)11-8/h2-5H,1H3,(H,11,13). The lowest BCUT2D eigenvalue weighted by Gasteiger charge is -2.00. The van der Waals surface area contributed by atoms with Gasteiger partial charge in [0.1, 0.15) is 0 Å². The maximum atomic E-state index is 11.0. The Morgan fingerprint density at radius 3 is 2.75 bits per heavy atom. The van der Waals surface area contributed by atoms with Crippen molar-refractivity contribution in [1.29, 1.82) is 0 Å². The summed E-state index contributed by atoms with van der Waals surface area (Å²) in [5.74, 6) is 0. The number of H-pyrrole nitrogens is 1. The Labute approximate surface area is 94.5 Å². The van der Waals surface area contributed by atoms with Crippen molar-refractivity contribution in [1.82, 2.24) is 4.98 Å². The first kappa shape index (κ1) is 10.6. The molecule has 1 N–H and O–H groups in total. The smallest absolute Gasteiger partial charge is 0.304 e. The van der Waals surface area contributed by atoms with E-state index < -0.39 is 4.92 Å². The van der Waals surface area contributed by atoms with Gasteiger partial charge in [-0.3, -0.25) is 14.9 Å². The van der Waals surface area contributed by atoms with Gasteiger partial charge >= 0.3 is 4.87 Å². The maximum Gasteiger partial charge on any atom is 0.304 e. The Morgan fingerprint density at radius 2 is 2.19 bits per heavy atom. The van der Waals surface area contributed by atoms with Crippen LogP contribution in [0.5, 0.6) is 0 Å². The lowest BCUT2D eigenvalue weighted by Crippen LogP contribution is -1.94. The molecule has 0 fully saturated rings. The molecular weight excluding hydrogens is 228 g/mol. The van der Waals surface area contributed by atoms with Crippen molar-refractivity contribution in [3.8, 4) is 11.3 Å². The zero-order chi connectivity index (χ0) is 11.7. The maximum absolute atomic E-state index is 11.0. The van der Waals surface area contributed by atoms with E-state index in [2.05, 4.69) is 4.98 Å². The number of aromatic nitrogens is 1. The molecule has 6 heteroatoms. The number of nitro groups is 1. The van der Waals surface area contributed by atoms with Gasteiger partial charge in [-0.05, 0) is 6.92 Å². The monoisotopic (exact) mass is 236 g/mol. The van der Waals surface area contributed by atoms with E-state index in [4.69, 9.17) is 0 Å². The van der Waals surface area contributed by atoms with Gasteiger partial charge in [0.15, 0.2) is 0 Å². The van der Waals surface area contributed by atoms with Crippen LogP contribution in [0.3, 0.4) is 0 Å². The molecular formula is C10H8N2O3S. The SMILES string of the molecule is Cc1ccc(-c2csc(=O)[nH]2)cc1[N+](=O)[O-]. The molecule has 0 aliphatic heterocycles. The summed E-state index contributed by atoms with van der Waals surface area (Å²) in [7, 11) is 0. The lowest BCUT2D eigenvalue weighted by molar-refractivity contribution is -0.385. The van der Waals surface area contributed by atoms with E-state index in [1.54, 1.807) is 24.4 Å². The highest BCUT2D eigenvalue weighted by molar-refractivity contribution is 7.07. The molecule has 0 spiro atoms. The molecule has 0 saturated heterocycles. The summed E-state index contributed by atoms with van der Waals surface area (Å²) in [5, 5.41) is 12.4. The van der Waals surface area contributed by atoms with Crippen LogP contribution in [-0.4, -0.2) is 9.91 Å². The molecule has 0 amide bonds. The van der Waals surface area contributed by atoms with Crippen LogP contribution >= 0.6 is 11.3 Å². The van der Waals surface area contributed by atoms with Crippen LogP contribution in [0.15, 0.2) is 28.4 Å². The van der Waals surface area contributed by atoms with Crippen LogP contribution in [0.2, 0.25) is 0 Å². The first-order valence-corrected chi connectivity index (χ1v) is 5.39. The van der Waals surface area contributed by atoms with Gasteiger partial charge in [-0.1, -0.05) is 23.5 Å². The zero-order valence-corrected chi connectivity index (χ0v) is 9.21. The number of nitrogens with zero attached hydrogens (tertiary/aromatic N) is 1. The number of nitrogens with one attached hydrogen (secondary N) is 1. The van der Waals surface area contributed by atoms with E-state index in [0.717, 1.165) is 11.3 Å². The predicted molar refractivity (Wildman–Crippen MR) is 61.8 cm³/mol. The number of aromatic amines is 1. The first-order valence-electron chi connectivity index (χ1n) is 4.51. The van der Waals surface area contributed by atoms with Crippen LogP contribution in [0.1, 0.15) is 5.56 Å². The van der Waals surface area contributed by atoms with Gasteiger partial charge in [-0.15, -0.1) is 0 Å². The first-order chi connectivity index (χ1) is 7.58. The van der Waals surface area contributed by atoms with Crippen molar-refractivity contribution in [2.45, 2.75) is 6.92 Å². The van der Waals surface area contributed by atoms with Crippen LogP contribution < -0.4 is 4.87 Å². The number of hydrogen-bond acceptors (Lipinski definition) is 4. The van der Waals surface area contributed by atoms with Crippen LogP contribution in [-0.2, 0) is 0 Å². The molecule has 0 aliphatic rings. The summed E-state index contributed by atoms with van der Waals surface area (Å²) < 4.78 is 0.